The summed E-state index contributed by atoms with van der Waals surface area (Å²) in [6, 6.07) is 5.20. The zero-order valence-corrected chi connectivity index (χ0v) is 24.3. The smallest absolute Gasteiger partial charge is 0.282 e. The average molecular weight is 620 g/mol. The summed E-state index contributed by atoms with van der Waals surface area (Å²) in [5.74, 6) is -1.28. The summed E-state index contributed by atoms with van der Waals surface area (Å²) in [7, 11) is 2.02. The SMILES string of the molecule is CN1CCN(c2ccc(-n3cc(C(=O)NCCCN4CCOCC4)nn3)cc2NC(=O)c2nnc(Cl)nc2C(F)F)CC1. The summed E-state index contributed by atoms with van der Waals surface area (Å²) in [6.07, 6.45) is -0.814. The number of likely N-dealkylation sites (N-methyl/N-ethyl adjacent to an activating group) is 1. The van der Waals surface area contributed by atoms with Crippen LogP contribution in [0.5, 0.6) is 0 Å². The Morgan fingerprint density at radius 3 is 2.56 bits per heavy atom. The number of amides is 2. The zero-order valence-electron chi connectivity index (χ0n) is 23.5. The molecule has 2 amide bonds. The van der Waals surface area contributed by atoms with Crippen LogP contribution >= 0.6 is 11.6 Å². The summed E-state index contributed by atoms with van der Waals surface area (Å²) in [4.78, 5) is 35.9. The molecule has 0 saturated carbocycles. The predicted molar refractivity (Wildman–Crippen MR) is 153 cm³/mol. The van der Waals surface area contributed by atoms with Crippen LogP contribution in [0.3, 0.4) is 0 Å². The molecule has 2 saturated heterocycles. The molecule has 17 heteroatoms. The molecule has 43 heavy (non-hydrogen) atoms. The maximum Gasteiger partial charge on any atom is 0.282 e. The van der Waals surface area contributed by atoms with E-state index in [9.17, 15) is 18.4 Å². The second-order valence-electron chi connectivity index (χ2n) is 10.2. The Balaban J connectivity index is 1.32. The Bertz CT molecular complexity index is 1430. The molecule has 2 aromatic heterocycles. The number of aromatic nitrogens is 6. The van der Waals surface area contributed by atoms with Gasteiger partial charge in [0.05, 0.1) is 36.5 Å². The lowest BCUT2D eigenvalue weighted by atomic mass is 10.1. The fourth-order valence-corrected chi connectivity index (χ4v) is 4.95. The first-order chi connectivity index (χ1) is 20.8. The number of halogens is 3. The molecule has 2 aliphatic rings. The normalized spacial score (nSPS) is 16.4. The minimum Gasteiger partial charge on any atom is -0.379 e. The van der Waals surface area contributed by atoms with Gasteiger partial charge in [-0.3, -0.25) is 14.5 Å². The van der Waals surface area contributed by atoms with Crippen LogP contribution < -0.4 is 15.5 Å². The maximum absolute atomic E-state index is 13.6. The average Bonchev–Trinajstić information content (AvgIpc) is 3.51. The minimum atomic E-state index is -3.09. The van der Waals surface area contributed by atoms with Gasteiger partial charge in [-0.15, -0.1) is 15.3 Å². The van der Waals surface area contributed by atoms with Crippen molar-refractivity contribution in [3.05, 3.63) is 46.8 Å². The Morgan fingerprint density at radius 1 is 1.05 bits per heavy atom. The van der Waals surface area contributed by atoms with Crippen molar-refractivity contribution in [2.24, 2.45) is 0 Å². The van der Waals surface area contributed by atoms with Crippen molar-refractivity contribution < 1.29 is 23.1 Å². The molecule has 0 aliphatic carbocycles. The third-order valence-corrected chi connectivity index (χ3v) is 7.37. The van der Waals surface area contributed by atoms with Crippen molar-refractivity contribution in [3.63, 3.8) is 0 Å². The molecule has 5 rings (SSSR count). The number of morpholine rings is 1. The van der Waals surface area contributed by atoms with Crippen molar-refractivity contribution in [3.8, 4) is 5.69 Å². The van der Waals surface area contributed by atoms with E-state index in [1.807, 2.05) is 7.05 Å². The van der Waals surface area contributed by atoms with Crippen LogP contribution in [-0.4, -0.2) is 124 Å². The van der Waals surface area contributed by atoms with E-state index < -0.39 is 29.0 Å². The highest BCUT2D eigenvalue weighted by Crippen LogP contribution is 2.31. The van der Waals surface area contributed by atoms with Gasteiger partial charge < -0.3 is 25.2 Å². The van der Waals surface area contributed by atoms with Crippen LogP contribution in [0.4, 0.5) is 20.2 Å². The van der Waals surface area contributed by atoms with Gasteiger partial charge in [-0.05, 0) is 49.8 Å². The number of nitrogens with zero attached hydrogens (tertiary/aromatic N) is 9. The monoisotopic (exact) mass is 619 g/mol. The number of carbonyl (C=O) groups is 2. The topological polar surface area (TPSA) is 147 Å². The second kappa shape index (κ2) is 14.1. The molecule has 0 radical (unpaired) electrons. The highest BCUT2D eigenvalue weighted by atomic mass is 35.5. The van der Waals surface area contributed by atoms with Crippen LogP contribution in [0, 0.1) is 0 Å². The van der Waals surface area contributed by atoms with E-state index in [0.29, 0.717) is 36.7 Å². The molecule has 0 bridgehead atoms. The largest absolute Gasteiger partial charge is 0.379 e. The Hall–Kier alpha value is -3.86. The molecule has 0 atom stereocenters. The summed E-state index contributed by atoms with van der Waals surface area (Å²) >= 11 is 5.63. The van der Waals surface area contributed by atoms with Crippen LogP contribution in [0.1, 0.15) is 39.5 Å². The first-order valence-electron chi connectivity index (χ1n) is 13.9. The number of piperazine rings is 1. The van der Waals surface area contributed by atoms with Crippen LogP contribution in [0.25, 0.3) is 5.69 Å². The third kappa shape index (κ3) is 7.76. The van der Waals surface area contributed by atoms with Gasteiger partial charge in [0.25, 0.3) is 18.2 Å². The molecule has 0 unspecified atom stereocenters. The quantitative estimate of drug-likeness (QED) is 0.318. The third-order valence-electron chi connectivity index (χ3n) is 7.21. The Labute approximate surface area is 251 Å². The lowest BCUT2D eigenvalue weighted by molar-refractivity contribution is 0.0374. The first-order valence-corrected chi connectivity index (χ1v) is 14.2. The molecule has 4 heterocycles. The van der Waals surface area contributed by atoms with E-state index in [2.05, 4.69) is 50.8 Å². The lowest BCUT2D eigenvalue weighted by Gasteiger charge is -2.35. The minimum absolute atomic E-state index is 0.129. The number of hydrogen-bond donors (Lipinski definition) is 2. The van der Waals surface area contributed by atoms with Gasteiger partial charge in [-0.2, -0.15) is 0 Å². The standard InChI is InChI=1S/C26H32ClF2N11O3/c1-37-7-9-39(10-8-37)20-4-3-17(15-18(20)31-25(42)22-21(23(28)29)32-26(27)35-34-22)40-16-19(33-36-40)24(41)30-5-2-6-38-11-13-43-14-12-38/h3-4,15-16,23H,2,5-14H2,1H3,(H,30,41)(H,31,42). The molecule has 2 aliphatic heterocycles. The highest BCUT2D eigenvalue weighted by molar-refractivity contribution is 6.28. The van der Waals surface area contributed by atoms with Gasteiger partial charge >= 0.3 is 0 Å². The van der Waals surface area contributed by atoms with Crippen LogP contribution in [-0.2, 0) is 4.74 Å². The fraction of sp³-hybridized carbons (Fsp3) is 0.500. The van der Waals surface area contributed by atoms with Gasteiger partial charge in [0.15, 0.2) is 11.4 Å². The van der Waals surface area contributed by atoms with Crippen LogP contribution in [0.15, 0.2) is 24.4 Å². The Kier molecular flexibility index (Phi) is 10.0. The number of hydrogen-bond acceptors (Lipinski definition) is 11. The van der Waals surface area contributed by atoms with E-state index >= 15 is 0 Å². The van der Waals surface area contributed by atoms with Crippen molar-refractivity contribution >= 4 is 34.8 Å². The van der Waals surface area contributed by atoms with Crippen molar-refractivity contribution in [2.75, 3.05) is 82.8 Å². The first kappa shape index (κ1) is 30.6. The molecule has 1 aromatic carbocycles. The fourth-order valence-electron chi connectivity index (χ4n) is 4.82. The molecular weight excluding hydrogens is 588 g/mol. The molecule has 0 spiro atoms. The number of benzene rings is 1. The summed E-state index contributed by atoms with van der Waals surface area (Å²) in [5.41, 5.74) is 0.116. The van der Waals surface area contributed by atoms with E-state index in [0.717, 1.165) is 52.4 Å². The predicted octanol–water partition coefficient (Wildman–Crippen LogP) is 1.50. The number of rotatable bonds is 10. The number of nitrogens with one attached hydrogen (secondary N) is 2. The van der Waals surface area contributed by atoms with E-state index in [4.69, 9.17) is 16.3 Å². The van der Waals surface area contributed by atoms with Crippen molar-refractivity contribution in [2.45, 2.75) is 12.8 Å². The number of carbonyl (C=O) groups excluding carboxylic acids is 2. The van der Waals surface area contributed by atoms with E-state index in [1.54, 1.807) is 18.2 Å². The molecule has 2 fully saturated rings. The van der Waals surface area contributed by atoms with E-state index in [1.165, 1.54) is 10.9 Å². The van der Waals surface area contributed by atoms with Crippen LogP contribution in [0.2, 0.25) is 5.28 Å². The maximum atomic E-state index is 13.6. The zero-order chi connectivity index (χ0) is 30.3. The van der Waals surface area contributed by atoms with Gasteiger partial charge in [-0.25, -0.2) is 18.4 Å². The lowest BCUT2D eigenvalue weighted by Crippen LogP contribution is -2.44. The van der Waals surface area contributed by atoms with Crippen molar-refractivity contribution in [1.29, 1.82) is 0 Å². The molecule has 3 aromatic rings. The van der Waals surface area contributed by atoms with Gasteiger partial charge in [0.1, 0.15) is 5.69 Å². The Morgan fingerprint density at radius 2 is 1.81 bits per heavy atom. The van der Waals surface area contributed by atoms with Gasteiger partial charge in [0, 0.05) is 45.8 Å². The number of alkyl halides is 2. The molecule has 230 valence electrons. The second-order valence-corrected chi connectivity index (χ2v) is 10.5. The highest BCUT2D eigenvalue weighted by Gasteiger charge is 2.26. The number of ether oxygens (including phenoxy) is 1. The molecule has 2 N–H and O–H groups in total. The van der Waals surface area contributed by atoms with E-state index in [-0.39, 0.29) is 11.6 Å². The van der Waals surface area contributed by atoms with Gasteiger partial charge in [-0.1, -0.05) is 5.21 Å². The molecular formula is C26H32ClF2N11O3. The summed E-state index contributed by atoms with van der Waals surface area (Å²) < 4.78 is 34.0. The summed E-state index contributed by atoms with van der Waals surface area (Å²) in [6.45, 7) is 7.52. The molecule has 14 nitrogen and oxygen atoms in total. The summed E-state index contributed by atoms with van der Waals surface area (Å²) in [5, 5.41) is 20.2. The number of anilines is 2. The van der Waals surface area contributed by atoms with Gasteiger partial charge in [0.2, 0.25) is 5.28 Å². The van der Waals surface area contributed by atoms with Crippen molar-refractivity contribution in [1.82, 2.24) is 45.3 Å².